The summed E-state index contributed by atoms with van der Waals surface area (Å²) in [5.74, 6) is 0. The van der Waals surface area contributed by atoms with Gasteiger partial charge < -0.3 is 5.32 Å². The third-order valence-electron chi connectivity index (χ3n) is 6.90. The number of rotatable bonds is 7. The Labute approximate surface area is 185 Å². The lowest BCUT2D eigenvalue weighted by molar-refractivity contribution is 0.142. The van der Waals surface area contributed by atoms with Crippen LogP contribution in [0, 0.1) is 0 Å². The van der Waals surface area contributed by atoms with Crippen LogP contribution in [0.2, 0.25) is 0 Å². The van der Waals surface area contributed by atoms with Crippen molar-refractivity contribution >= 4 is 21.5 Å². The van der Waals surface area contributed by atoms with Crippen LogP contribution in [-0.4, -0.2) is 23.5 Å². The van der Waals surface area contributed by atoms with Gasteiger partial charge in [-0.2, -0.15) is 0 Å². The highest BCUT2D eigenvalue weighted by Crippen LogP contribution is 2.26. The van der Waals surface area contributed by atoms with E-state index in [-0.39, 0.29) is 0 Å². The molecule has 0 spiro atoms. The molecular weight excluding hydrogens is 376 g/mol. The molecule has 0 aliphatic carbocycles. The first kappa shape index (κ1) is 20.2. The minimum absolute atomic E-state index is 0.535. The van der Waals surface area contributed by atoms with Crippen LogP contribution < -0.4 is 5.32 Å². The molecule has 1 saturated heterocycles. The molecule has 0 bridgehead atoms. The zero-order valence-electron chi connectivity index (χ0n) is 18.4. The van der Waals surface area contributed by atoms with Crippen molar-refractivity contribution in [2.75, 3.05) is 6.54 Å². The highest BCUT2D eigenvalue weighted by molar-refractivity contribution is 5.85. The van der Waals surface area contributed by atoms with E-state index in [0.29, 0.717) is 12.1 Å². The third kappa shape index (κ3) is 4.37. The fraction of sp³-hybridized carbons (Fsp3) is 0.310. The standard InChI is InChI=1S/C29H32N2/c1-2-29(28-15-8-18-30-28)31(20-22-16-17-23-9-3-4-11-25(23)19-22)21-26-13-7-12-24-10-5-6-14-27(24)26/h3-7,9-14,16-17,19,28-30H,2,8,15,18,20-21H2,1H3. The SMILES string of the molecule is CCC(C1CCCN1)N(Cc1ccc2ccccc2c1)Cc1cccc2ccccc12. The molecule has 1 fully saturated rings. The van der Waals surface area contributed by atoms with Crippen molar-refractivity contribution in [1.82, 2.24) is 10.2 Å². The molecule has 5 rings (SSSR count). The summed E-state index contributed by atoms with van der Waals surface area (Å²) in [6, 6.07) is 32.3. The first-order valence-electron chi connectivity index (χ1n) is 11.7. The lowest BCUT2D eigenvalue weighted by Gasteiger charge is -2.36. The molecule has 0 aromatic heterocycles. The number of hydrogen-bond donors (Lipinski definition) is 1. The lowest BCUT2D eigenvalue weighted by Crippen LogP contribution is -2.46. The molecule has 1 aliphatic heterocycles. The largest absolute Gasteiger partial charge is 0.312 e. The van der Waals surface area contributed by atoms with Crippen molar-refractivity contribution in [3.8, 4) is 0 Å². The third-order valence-corrected chi connectivity index (χ3v) is 6.90. The molecule has 31 heavy (non-hydrogen) atoms. The van der Waals surface area contributed by atoms with Gasteiger partial charge in [0, 0.05) is 25.2 Å². The van der Waals surface area contributed by atoms with Gasteiger partial charge in [0.05, 0.1) is 0 Å². The Kier molecular flexibility index (Phi) is 6.01. The maximum absolute atomic E-state index is 3.78. The molecule has 0 radical (unpaired) electrons. The van der Waals surface area contributed by atoms with E-state index in [2.05, 4.69) is 102 Å². The quantitative estimate of drug-likeness (QED) is 0.374. The summed E-state index contributed by atoms with van der Waals surface area (Å²) in [4.78, 5) is 2.72. The van der Waals surface area contributed by atoms with E-state index in [1.807, 2.05) is 0 Å². The average Bonchev–Trinajstić information content (AvgIpc) is 3.34. The van der Waals surface area contributed by atoms with E-state index in [4.69, 9.17) is 0 Å². The van der Waals surface area contributed by atoms with E-state index in [9.17, 15) is 0 Å². The van der Waals surface area contributed by atoms with Gasteiger partial charge in [0.25, 0.3) is 0 Å². The fourth-order valence-electron chi connectivity index (χ4n) is 5.35. The van der Waals surface area contributed by atoms with Gasteiger partial charge in [-0.05, 0) is 64.5 Å². The molecule has 158 valence electrons. The second-order valence-electron chi connectivity index (χ2n) is 8.90. The van der Waals surface area contributed by atoms with Crippen LogP contribution in [0.5, 0.6) is 0 Å². The topological polar surface area (TPSA) is 15.3 Å². The highest BCUT2D eigenvalue weighted by atomic mass is 15.2. The Morgan fingerprint density at radius 1 is 0.839 bits per heavy atom. The van der Waals surface area contributed by atoms with Crippen LogP contribution in [-0.2, 0) is 13.1 Å². The summed E-state index contributed by atoms with van der Waals surface area (Å²) in [5.41, 5.74) is 2.82. The zero-order valence-corrected chi connectivity index (χ0v) is 18.4. The molecule has 4 aromatic carbocycles. The molecular formula is C29H32N2. The number of nitrogens with one attached hydrogen (secondary N) is 1. The molecule has 2 unspecified atom stereocenters. The van der Waals surface area contributed by atoms with Crippen molar-refractivity contribution in [3.05, 3.63) is 96.1 Å². The summed E-state index contributed by atoms with van der Waals surface area (Å²) in [6.07, 6.45) is 3.73. The van der Waals surface area contributed by atoms with Crippen LogP contribution in [0.4, 0.5) is 0 Å². The van der Waals surface area contributed by atoms with Crippen LogP contribution in [0.15, 0.2) is 84.9 Å². The zero-order chi connectivity index (χ0) is 21.0. The fourth-order valence-corrected chi connectivity index (χ4v) is 5.35. The van der Waals surface area contributed by atoms with Crippen molar-refractivity contribution in [2.45, 2.75) is 51.4 Å². The van der Waals surface area contributed by atoms with Crippen LogP contribution in [0.25, 0.3) is 21.5 Å². The van der Waals surface area contributed by atoms with Gasteiger partial charge in [-0.15, -0.1) is 0 Å². The van der Waals surface area contributed by atoms with Gasteiger partial charge in [-0.3, -0.25) is 4.90 Å². The maximum atomic E-state index is 3.78. The number of benzene rings is 4. The molecule has 1 aliphatic rings. The van der Waals surface area contributed by atoms with Gasteiger partial charge in [-0.25, -0.2) is 0 Å². The molecule has 2 atom stereocenters. The Morgan fingerprint density at radius 2 is 1.61 bits per heavy atom. The number of nitrogens with zero attached hydrogens (tertiary/aromatic N) is 1. The molecule has 0 saturated carbocycles. The summed E-state index contributed by atoms with van der Waals surface area (Å²) < 4.78 is 0. The molecule has 4 aromatic rings. The summed E-state index contributed by atoms with van der Waals surface area (Å²) in [7, 11) is 0. The molecule has 1 N–H and O–H groups in total. The van der Waals surface area contributed by atoms with E-state index >= 15 is 0 Å². The van der Waals surface area contributed by atoms with Gasteiger partial charge in [0.2, 0.25) is 0 Å². The van der Waals surface area contributed by atoms with E-state index in [0.717, 1.165) is 26.1 Å². The Hall–Kier alpha value is -2.68. The van der Waals surface area contributed by atoms with E-state index in [1.54, 1.807) is 0 Å². The minimum Gasteiger partial charge on any atom is -0.312 e. The average molecular weight is 409 g/mol. The second-order valence-corrected chi connectivity index (χ2v) is 8.90. The van der Waals surface area contributed by atoms with Gasteiger partial charge in [-0.1, -0.05) is 85.8 Å². The molecule has 1 heterocycles. The van der Waals surface area contributed by atoms with Crippen LogP contribution in [0.1, 0.15) is 37.3 Å². The van der Waals surface area contributed by atoms with Crippen molar-refractivity contribution < 1.29 is 0 Å². The summed E-state index contributed by atoms with van der Waals surface area (Å²) in [6.45, 7) is 5.45. The summed E-state index contributed by atoms with van der Waals surface area (Å²) >= 11 is 0. The first-order valence-corrected chi connectivity index (χ1v) is 11.7. The highest BCUT2D eigenvalue weighted by Gasteiger charge is 2.28. The number of fused-ring (bicyclic) bond motifs is 2. The Balaban J connectivity index is 1.50. The molecule has 2 nitrogen and oxygen atoms in total. The van der Waals surface area contributed by atoms with Crippen LogP contribution in [0.3, 0.4) is 0 Å². The Morgan fingerprint density at radius 3 is 2.42 bits per heavy atom. The smallest absolute Gasteiger partial charge is 0.0253 e. The lowest BCUT2D eigenvalue weighted by atomic mass is 9.98. The second kappa shape index (κ2) is 9.21. The van der Waals surface area contributed by atoms with Crippen molar-refractivity contribution in [3.63, 3.8) is 0 Å². The van der Waals surface area contributed by atoms with Gasteiger partial charge in [0.15, 0.2) is 0 Å². The predicted octanol–water partition coefficient (Wildman–Crippen LogP) is 6.53. The van der Waals surface area contributed by atoms with E-state index in [1.165, 1.54) is 45.5 Å². The normalized spacial score (nSPS) is 17.5. The monoisotopic (exact) mass is 408 g/mol. The summed E-state index contributed by atoms with van der Waals surface area (Å²) in [5, 5.41) is 9.14. The van der Waals surface area contributed by atoms with Crippen molar-refractivity contribution in [2.24, 2.45) is 0 Å². The first-order chi connectivity index (χ1) is 15.3. The minimum atomic E-state index is 0.535. The van der Waals surface area contributed by atoms with Gasteiger partial charge >= 0.3 is 0 Å². The van der Waals surface area contributed by atoms with Crippen molar-refractivity contribution in [1.29, 1.82) is 0 Å². The number of hydrogen-bond acceptors (Lipinski definition) is 2. The van der Waals surface area contributed by atoms with Crippen LogP contribution >= 0.6 is 0 Å². The predicted molar refractivity (Wildman–Crippen MR) is 132 cm³/mol. The Bertz CT molecular complexity index is 1150. The maximum Gasteiger partial charge on any atom is 0.0253 e. The van der Waals surface area contributed by atoms with Gasteiger partial charge in [0.1, 0.15) is 0 Å². The molecule has 2 heteroatoms. The van der Waals surface area contributed by atoms with E-state index < -0.39 is 0 Å². The molecule has 0 amide bonds.